The molecule has 0 spiro atoms. The van der Waals surface area contributed by atoms with Gasteiger partial charge in [-0.05, 0) is 48.6 Å². The number of unbranched alkanes of at least 4 members (excludes halogenated alkanes) is 19. The molecule has 0 aliphatic carbocycles. The highest BCUT2D eigenvalue weighted by Gasteiger charge is 2.12. The molecule has 0 saturated carbocycles. The highest BCUT2D eigenvalue weighted by Crippen LogP contribution is 2.26. The van der Waals surface area contributed by atoms with Crippen LogP contribution in [0.4, 0.5) is 0 Å². The molecule has 0 N–H and O–H groups in total. The van der Waals surface area contributed by atoms with Gasteiger partial charge in [-0.2, -0.15) is 0 Å². The second-order valence-corrected chi connectivity index (χ2v) is 12.6. The minimum absolute atomic E-state index is 0.0818. The molecule has 0 fully saturated rings. The van der Waals surface area contributed by atoms with Crippen LogP contribution in [0.3, 0.4) is 0 Å². The molecule has 3 nitrogen and oxygen atoms in total. The Morgan fingerprint density at radius 1 is 0.535 bits per heavy atom. The average molecular weight is 593 g/mol. The van der Waals surface area contributed by atoms with Crippen molar-refractivity contribution in [3.8, 4) is 16.9 Å². The van der Waals surface area contributed by atoms with E-state index in [-0.39, 0.29) is 12.1 Å². The van der Waals surface area contributed by atoms with Gasteiger partial charge < -0.3 is 9.47 Å². The SMILES string of the molecule is CCCCCCCCCCCCCCC(=O)OC(C)c1ccc(-c2ccc(OCCCCCCCCCCC)cc2)cc1. The molecule has 0 radical (unpaired) electrons. The van der Waals surface area contributed by atoms with Crippen LogP contribution in [0.2, 0.25) is 0 Å². The Hall–Kier alpha value is -2.29. The topological polar surface area (TPSA) is 35.5 Å². The highest BCUT2D eigenvalue weighted by atomic mass is 16.5. The third kappa shape index (κ3) is 18.2. The van der Waals surface area contributed by atoms with E-state index in [1.165, 1.54) is 121 Å². The Balaban J connectivity index is 1.55. The quantitative estimate of drug-likeness (QED) is 0.0764. The van der Waals surface area contributed by atoms with Crippen molar-refractivity contribution < 1.29 is 14.3 Å². The summed E-state index contributed by atoms with van der Waals surface area (Å²) in [6, 6.07) is 16.8. The number of esters is 1. The van der Waals surface area contributed by atoms with Crippen molar-refractivity contribution in [1.29, 1.82) is 0 Å². The number of ether oxygens (including phenoxy) is 2. The Morgan fingerprint density at radius 3 is 1.40 bits per heavy atom. The molecular formula is C40H64O3. The summed E-state index contributed by atoms with van der Waals surface area (Å²) in [7, 11) is 0. The third-order valence-electron chi connectivity index (χ3n) is 8.63. The van der Waals surface area contributed by atoms with Crippen LogP contribution in [0.5, 0.6) is 5.75 Å². The van der Waals surface area contributed by atoms with Crippen molar-refractivity contribution in [1.82, 2.24) is 0 Å². The molecule has 0 aliphatic rings. The lowest BCUT2D eigenvalue weighted by atomic mass is 10.0. The van der Waals surface area contributed by atoms with E-state index in [9.17, 15) is 4.79 Å². The number of carbonyl (C=O) groups excluding carboxylic acids is 1. The molecule has 0 saturated heterocycles. The zero-order valence-corrected chi connectivity index (χ0v) is 28.2. The summed E-state index contributed by atoms with van der Waals surface area (Å²) in [5.41, 5.74) is 3.36. The van der Waals surface area contributed by atoms with Gasteiger partial charge in [0.1, 0.15) is 11.9 Å². The van der Waals surface area contributed by atoms with Crippen LogP contribution < -0.4 is 4.74 Å². The predicted octanol–water partition coefficient (Wildman–Crippen LogP) is 13.0. The van der Waals surface area contributed by atoms with Crippen LogP contribution >= 0.6 is 0 Å². The average Bonchev–Trinajstić information content (AvgIpc) is 3.03. The van der Waals surface area contributed by atoms with Gasteiger partial charge in [-0.25, -0.2) is 0 Å². The van der Waals surface area contributed by atoms with Gasteiger partial charge in [0.25, 0.3) is 0 Å². The number of hydrogen-bond acceptors (Lipinski definition) is 3. The molecule has 0 aliphatic heterocycles. The van der Waals surface area contributed by atoms with Crippen molar-refractivity contribution in [3.63, 3.8) is 0 Å². The second-order valence-electron chi connectivity index (χ2n) is 12.6. The first-order chi connectivity index (χ1) is 21.1. The fourth-order valence-corrected chi connectivity index (χ4v) is 5.73. The molecule has 0 amide bonds. The van der Waals surface area contributed by atoms with Crippen molar-refractivity contribution >= 4 is 5.97 Å². The number of carbonyl (C=O) groups is 1. The first-order valence-electron chi connectivity index (χ1n) is 18.2. The summed E-state index contributed by atoms with van der Waals surface area (Å²) < 4.78 is 11.7. The van der Waals surface area contributed by atoms with Gasteiger partial charge in [-0.1, -0.05) is 172 Å². The van der Waals surface area contributed by atoms with Crippen LogP contribution in [0.1, 0.15) is 174 Å². The maximum atomic E-state index is 12.4. The normalized spacial score (nSPS) is 11.9. The van der Waals surface area contributed by atoms with Crippen molar-refractivity contribution in [2.24, 2.45) is 0 Å². The van der Waals surface area contributed by atoms with Crippen molar-refractivity contribution in [3.05, 3.63) is 54.1 Å². The maximum absolute atomic E-state index is 12.4. The van der Waals surface area contributed by atoms with Gasteiger partial charge in [-0.3, -0.25) is 4.79 Å². The van der Waals surface area contributed by atoms with Gasteiger partial charge in [0.05, 0.1) is 6.61 Å². The molecule has 1 atom stereocenters. The lowest BCUT2D eigenvalue weighted by Gasteiger charge is -2.14. The maximum Gasteiger partial charge on any atom is 0.306 e. The molecule has 2 aromatic carbocycles. The van der Waals surface area contributed by atoms with Gasteiger partial charge in [-0.15, -0.1) is 0 Å². The fourth-order valence-electron chi connectivity index (χ4n) is 5.73. The van der Waals surface area contributed by atoms with E-state index in [0.717, 1.165) is 42.7 Å². The largest absolute Gasteiger partial charge is 0.494 e. The number of rotatable bonds is 27. The molecule has 2 aromatic rings. The molecule has 43 heavy (non-hydrogen) atoms. The van der Waals surface area contributed by atoms with E-state index in [0.29, 0.717) is 6.42 Å². The van der Waals surface area contributed by atoms with E-state index in [4.69, 9.17) is 9.47 Å². The number of hydrogen-bond donors (Lipinski definition) is 0. The first kappa shape index (κ1) is 36.9. The van der Waals surface area contributed by atoms with Gasteiger partial charge >= 0.3 is 5.97 Å². The van der Waals surface area contributed by atoms with E-state index in [2.05, 4.69) is 62.4 Å². The van der Waals surface area contributed by atoms with E-state index in [1.807, 2.05) is 6.92 Å². The third-order valence-corrected chi connectivity index (χ3v) is 8.63. The minimum atomic E-state index is -0.226. The Kier molecular flexibility index (Phi) is 21.5. The second kappa shape index (κ2) is 25.1. The van der Waals surface area contributed by atoms with Gasteiger partial charge in [0.15, 0.2) is 0 Å². The lowest BCUT2D eigenvalue weighted by Crippen LogP contribution is -2.08. The predicted molar refractivity (Wildman–Crippen MR) is 185 cm³/mol. The van der Waals surface area contributed by atoms with Crippen LogP contribution in [0, 0.1) is 0 Å². The van der Waals surface area contributed by atoms with E-state index in [1.54, 1.807) is 0 Å². The summed E-state index contributed by atoms with van der Waals surface area (Å²) in [5.74, 6) is 0.857. The summed E-state index contributed by atoms with van der Waals surface area (Å²) >= 11 is 0. The van der Waals surface area contributed by atoms with Crippen LogP contribution in [-0.4, -0.2) is 12.6 Å². The molecule has 2 rings (SSSR count). The Labute approximate surface area is 265 Å². The van der Waals surface area contributed by atoms with Crippen molar-refractivity contribution in [2.45, 2.75) is 168 Å². The molecule has 0 aromatic heterocycles. The highest BCUT2D eigenvalue weighted by molar-refractivity contribution is 5.70. The molecular weight excluding hydrogens is 528 g/mol. The minimum Gasteiger partial charge on any atom is -0.494 e. The van der Waals surface area contributed by atoms with E-state index >= 15 is 0 Å². The molecule has 0 heterocycles. The summed E-state index contributed by atoms with van der Waals surface area (Å²) in [6.07, 6.45) is 27.8. The fraction of sp³-hybridized carbons (Fsp3) is 0.675. The molecule has 0 bridgehead atoms. The monoisotopic (exact) mass is 592 g/mol. The van der Waals surface area contributed by atoms with Crippen molar-refractivity contribution in [2.75, 3.05) is 6.61 Å². The molecule has 3 heteroatoms. The zero-order valence-electron chi connectivity index (χ0n) is 28.2. The number of benzene rings is 2. The van der Waals surface area contributed by atoms with Crippen LogP contribution in [-0.2, 0) is 9.53 Å². The smallest absolute Gasteiger partial charge is 0.306 e. The lowest BCUT2D eigenvalue weighted by molar-refractivity contribution is -0.148. The summed E-state index contributed by atoms with van der Waals surface area (Å²) in [5, 5.41) is 0. The Bertz CT molecular complexity index is 918. The first-order valence-corrected chi connectivity index (χ1v) is 18.2. The summed E-state index contributed by atoms with van der Waals surface area (Å²) in [4.78, 5) is 12.4. The standard InChI is InChI=1S/C40H64O3/c1-4-6-8-10-12-14-15-16-17-19-21-23-25-40(41)43-35(3)36-26-28-37(29-27-36)38-30-32-39(33-31-38)42-34-24-22-20-18-13-11-9-7-5-2/h26-33,35H,4-25,34H2,1-3H3. The van der Waals surface area contributed by atoms with Crippen LogP contribution in [0.15, 0.2) is 48.5 Å². The summed E-state index contributed by atoms with van der Waals surface area (Å²) in [6.45, 7) is 7.30. The van der Waals surface area contributed by atoms with E-state index < -0.39 is 0 Å². The Morgan fingerprint density at radius 2 is 0.930 bits per heavy atom. The van der Waals surface area contributed by atoms with Crippen LogP contribution in [0.25, 0.3) is 11.1 Å². The molecule has 1 unspecified atom stereocenters. The zero-order chi connectivity index (χ0) is 30.8. The molecule has 242 valence electrons. The van der Waals surface area contributed by atoms with Gasteiger partial charge in [0.2, 0.25) is 0 Å². The van der Waals surface area contributed by atoms with Gasteiger partial charge in [0, 0.05) is 6.42 Å².